The maximum Gasteiger partial charge on any atom is 0.320 e. The van der Waals surface area contributed by atoms with Gasteiger partial charge in [0, 0.05) is 0 Å². The number of carbonyl (C=O) groups excluding carboxylic acids is 1. The number of carbonyl (C=O) groups is 2. The molecule has 0 aliphatic carbocycles. The van der Waals surface area contributed by atoms with Gasteiger partial charge in [-0.05, 0) is 26.2 Å². The van der Waals surface area contributed by atoms with Crippen LogP contribution in [0.2, 0.25) is 0 Å². The van der Waals surface area contributed by atoms with E-state index in [9.17, 15) is 9.59 Å². The Morgan fingerprint density at radius 2 is 1.60 bits per heavy atom. The first kappa shape index (κ1) is 14.0. The van der Waals surface area contributed by atoms with Crippen LogP contribution >= 0.6 is 0 Å². The molecule has 7 N–H and O–H groups in total. The fraction of sp³-hybridized carbons (Fsp3) is 0.778. The Bertz CT molecular complexity index is 231. The van der Waals surface area contributed by atoms with Gasteiger partial charge in [0.25, 0.3) is 0 Å². The number of Topliss-reactive ketones (excluding diaryl/α,β-unsaturated/α-hetero) is 1. The van der Waals surface area contributed by atoms with Crippen molar-refractivity contribution < 1.29 is 14.7 Å². The van der Waals surface area contributed by atoms with E-state index in [1.165, 1.54) is 0 Å². The van der Waals surface area contributed by atoms with E-state index < -0.39 is 24.1 Å². The number of nitrogens with two attached hydrogens (primary N) is 3. The molecule has 15 heavy (non-hydrogen) atoms. The monoisotopic (exact) mass is 217 g/mol. The van der Waals surface area contributed by atoms with Gasteiger partial charge < -0.3 is 22.3 Å². The molecule has 0 radical (unpaired) electrons. The van der Waals surface area contributed by atoms with Gasteiger partial charge in [-0.3, -0.25) is 9.59 Å². The van der Waals surface area contributed by atoms with Gasteiger partial charge in [-0.25, -0.2) is 0 Å². The van der Waals surface area contributed by atoms with Gasteiger partial charge in [-0.15, -0.1) is 0 Å². The van der Waals surface area contributed by atoms with Gasteiger partial charge in [0.2, 0.25) is 0 Å². The highest BCUT2D eigenvalue weighted by atomic mass is 16.4. The summed E-state index contributed by atoms with van der Waals surface area (Å²) in [6, 6.07) is -2.08. The molecule has 6 nitrogen and oxygen atoms in total. The maximum absolute atomic E-state index is 11.3. The number of hydrogen-bond donors (Lipinski definition) is 4. The summed E-state index contributed by atoms with van der Waals surface area (Å²) < 4.78 is 0. The molecule has 0 spiro atoms. The van der Waals surface area contributed by atoms with Crippen LogP contribution in [0.1, 0.15) is 26.2 Å². The Morgan fingerprint density at radius 3 is 2.00 bits per heavy atom. The molecule has 0 heterocycles. The van der Waals surface area contributed by atoms with E-state index in [2.05, 4.69) is 0 Å². The highest BCUT2D eigenvalue weighted by Crippen LogP contribution is 2.03. The van der Waals surface area contributed by atoms with E-state index in [0.29, 0.717) is 19.3 Å². The molecule has 1 unspecified atom stereocenters. The molecular formula is C9H19N3O3. The van der Waals surface area contributed by atoms with E-state index in [1.54, 1.807) is 6.92 Å². The van der Waals surface area contributed by atoms with Crippen LogP contribution in [0.4, 0.5) is 0 Å². The largest absolute Gasteiger partial charge is 0.480 e. The lowest BCUT2D eigenvalue weighted by molar-refractivity contribution is -0.138. The molecule has 0 aliphatic heterocycles. The highest BCUT2D eigenvalue weighted by Gasteiger charge is 2.18. The minimum atomic E-state index is -1.04. The summed E-state index contributed by atoms with van der Waals surface area (Å²) >= 11 is 0. The van der Waals surface area contributed by atoms with Crippen molar-refractivity contribution in [3.8, 4) is 0 Å². The molecule has 0 amide bonds. The Labute approximate surface area is 88.8 Å². The first-order valence-corrected chi connectivity index (χ1v) is 4.89. The Balaban J connectivity index is 3.77. The third kappa shape index (κ3) is 5.46. The quantitative estimate of drug-likeness (QED) is 0.424. The van der Waals surface area contributed by atoms with Crippen molar-refractivity contribution in [1.29, 1.82) is 0 Å². The van der Waals surface area contributed by atoms with Gasteiger partial charge in [0.15, 0.2) is 5.78 Å². The second-order valence-electron chi connectivity index (χ2n) is 3.67. The summed E-state index contributed by atoms with van der Waals surface area (Å²) in [5, 5.41) is 8.50. The van der Waals surface area contributed by atoms with Crippen molar-refractivity contribution in [2.75, 3.05) is 0 Å². The fourth-order valence-electron chi connectivity index (χ4n) is 1.16. The highest BCUT2D eigenvalue weighted by molar-refractivity contribution is 5.88. The van der Waals surface area contributed by atoms with E-state index in [1.807, 2.05) is 0 Å². The van der Waals surface area contributed by atoms with Crippen LogP contribution in [0.5, 0.6) is 0 Å². The van der Waals surface area contributed by atoms with Crippen LogP contribution in [-0.2, 0) is 9.59 Å². The summed E-state index contributed by atoms with van der Waals surface area (Å²) in [6.45, 7) is 1.57. The van der Waals surface area contributed by atoms with Crippen molar-refractivity contribution >= 4 is 11.8 Å². The molecular weight excluding hydrogens is 198 g/mol. The molecule has 0 bridgehead atoms. The number of ketones is 1. The summed E-state index contributed by atoms with van der Waals surface area (Å²) in [5.41, 5.74) is 16.2. The number of aliphatic carboxylic acids is 1. The average Bonchev–Trinajstić information content (AvgIpc) is 2.15. The van der Waals surface area contributed by atoms with E-state index >= 15 is 0 Å². The third-order valence-corrected chi connectivity index (χ3v) is 2.16. The van der Waals surface area contributed by atoms with E-state index in [0.717, 1.165) is 0 Å². The molecule has 0 aromatic heterocycles. The summed E-state index contributed by atoms with van der Waals surface area (Å²) in [7, 11) is 0. The lowest BCUT2D eigenvalue weighted by Crippen LogP contribution is -2.41. The average molecular weight is 217 g/mol. The normalized spacial score (nSPS) is 16.8. The molecule has 6 heteroatoms. The van der Waals surface area contributed by atoms with Gasteiger partial charge in [-0.2, -0.15) is 0 Å². The van der Waals surface area contributed by atoms with Crippen molar-refractivity contribution in [3.05, 3.63) is 0 Å². The predicted molar refractivity (Wildman–Crippen MR) is 56.1 cm³/mol. The second-order valence-corrected chi connectivity index (χ2v) is 3.67. The van der Waals surface area contributed by atoms with Crippen LogP contribution in [0.25, 0.3) is 0 Å². The van der Waals surface area contributed by atoms with Gasteiger partial charge >= 0.3 is 5.97 Å². The molecule has 3 atom stereocenters. The first-order valence-electron chi connectivity index (χ1n) is 4.89. The Kier molecular flexibility index (Phi) is 6.07. The minimum absolute atomic E-state index is 0.209. The van der Waals surface area contributed by atoms with Crippen LogP contribution in [-0.4, -0.2) is 35.0 Å². The van der Waals surface area contributed by atoms with Gasteiger partial charge in [0.05, 0.1) is 12.1 Å². The van der Waals surface area contributed by atoms with Crippen LogP contribution in [0, 0.1) is 0 Å². The van der Waals surface area contributed by atoms with Crippen LogP contribution < -0.4 is 17.2 Å². The number of rotatable bonds is 7. The smallest absolute Gasteiger partial charge is 0.320 e. The molecule has 0 aliphatic rings. The van der Waals surface area contributed by atoms with Crippen molar-refractivity contribution in [2.24, 2.45) is 17.2 Å². The molecule has 0 saturated heterocycles. The lowest BCUT2D eigenvalue weighted by Gasteiger charge is -2.13. The first-order chi connectivity index (χ1) is 6.86. The second kappa shape index (κ2) is 6.49. The third-order valence-electron chi connectivity index (χ3n) is 2.16. The number of hydrogen-bond acceptors (Lipinski definition) is 5. The zero-order valence-electron chi connectivity index (χ0n) is 8.85. The summed E-state index contributed by atoms with van der Waals surface area (Å²) in [4.78, 5) is 21.6. The standard InChI is InChI=1S/C9H19N3O3/c1-5(10)8(13)6(11)3-2-4-7(12)9(14)15/h5-7H,2-4,10-12H2,1H3,(H,14,15)/t5-,6?,7-/m0/s1. The Hall–Kier alpha value is -0.980. The van der Waals surface area contributed by atoms with E-state index in [4.69, 9.17) is 22.3 Å². The summed E-state index contributed by atoms with van der Waals surface area (Å²) in [5.74, 6) is -1.25. The van der Waals surface area contributed by atoms with Crippen molar-refractivity contribution in [2.45, 2.75) is 44.3 Å². The van der Waals surface area contributed by atoms with Crippen molar-refractivity contribution in [1.82, 2.24) is 0 Å². The van der Waals surface area contributed by atoms with Crippen LogP contribution in [0.15, 0.2) is 0 Å². The van der Waals surface area contributed by atoms with Crippen LogP contribution in [0.3, 0.4) is 0 Å². The zero-order valence-corrected chi connectivity index (χ0v) is 8.85. The molecule has 0 aromatic rings. The predicted octanol–water partition coefficient (Wildman–Crippen LogP) is -1.19. The molecule has 0 fully saturated rings. The number of carboxylic acid groups (broad SMARTS) is 1. The van der Waals surface area contributed by atoms with Crippen molar-refractivity contribution in [3.63, 3.8) is 0 Å². The Morgan fingerprint density at radius 1 is 1.13 bits per heavy atom. The SMILES string of the molecule is C[C@H](N)C(=O)C(N)CCC[C@H](N)C(=O)O. The zero-order chi connectivity index (χ0) is 12.0. The van der Waals surface area contributed by atoms with E-state index in [-0.39, 0.29) is 5.78 Å². The van der Waals surface area contributed by atoms with Gasteiger partial charge in [-0.1, -0.05) is 0 Å². The maximum atomic E-state index is 11.3. The topological polar surface area (TPSA) is 132 Å². The lowest BCUT2D eigenvalue weighted by atomic mass is 10.0. The minimum Gasteiger partial charge on any atom is -0.480 e. The molecule has 0 saturated carbocycles. The molecule has 88 valence electrons. The summed E-state index contributed by atoms with van der Waals surface area (Å²) in [6.07, 6.45) is 1.24. The molecule has 0 rings (SSSR count). The molecule has 0 aromatic carbocycles. The fourth-order valence-corrected chi connectivity index (χ4v) is 1.16. The van der Waals surface area contributed by atoms with Gasteiger partial charge in [0.1, 0.15) is 6.04 Å². The number of carboxylic acids is 1.